The van der Waals surface area contributed by atoms with Gasteiger partial charge in [-0.2, -0.15) is 5.10 Å². The zero-order valence-electron chi connectivity index (χ0n) is 9.20. The molecule has 0 unspecified atom stereocenters. The number of aryl methyl sites for hydroxylation is 1. The highest BCUT2D eigenvalue weighted by molar-refractivity contribution is 6.30. The molecule has 0 atom stereocenters. The summed E-state index contributed by atoms with van der Waals surface area (Å²) in [6.45, 7) is 2.14. The fraction of sp³-hybridized carbons (Fsp3) is 0.308. The van der Waals surface area contributed by atoms with E-state index in [0.29, 0.717) is 0 Å². The number of fused-ring (bicyclic) bond motifs is 1. The lowest BCUT2D eigenvalue weighted by atomic mass is 10.2. The van der Waals surface area contributed by atoms with Gasteiger partial charge in [-0.25, -0.2) is 4.68 Å². The molecule has 82 valence electrons. The second-order valence-corrected chi connectivity index (χ2v) is 4.69. The molecule has 2 aromatic rings. The van der Waals surface area contributed by atoms with Crippen molar-refractivity contribution in [1.29, 1.82) is 0 Å². The largest absolute Gasteiger partial charge is 0.238 e. The predicted octanol–water partition coefficient (Wildman–Crippen LogP) is 3.32. The lowest BCUT2D eigenvalue weighted by Crippen LogP contribution is -2.00. The van der Waals surface area contributed by atoms with E-state index in [1.54, 1.807) is 0 Å². The maximum Gasteiger partial charge on any atom is 0.0663 e. The maximum absolute atomic E-state index is 5.88. The molecule has 3 rings (SSSR count). The number of benzene rings is 1. The first kappa shape index (κ1) is 9.91. The van der Waals surface area contributed by atoms with Gasteiger partial charge in [0.1, 0.15) is 0 Å². The van der Waals surface area contributed by atoms with Gasteiger partial charge in [0.2, 0.25) is 0 Å². The average molecular weight is 233 g/mol. The molecule has 0 radical (unpaired) electrons. The fourth-order valence-electron chi connectivity index (χ4n) is 2.39. The third-order valence-electron chi connectivity index (χ3n) is 3.24. The number of aromatic nitrogens is 2. The van der Waals surface area contributed by atoms with Gasteiger partial charge < -0.3 is 0 Å². The molecule has 0 fully saturated rings. The van der Waals surface area contributed by atoms with Gasteiger partial charge in [0.05, 0.1) is 11.4 Å². The molecular formula is C13H13ClN2. The van der Waals surface area contributed by atoms with Gasteiger partial charge in [0.25, 0.3) is 0 Å². The van der Waals surface area contributed by atoms with Crippen LogP contribution in [0.1, 0.15) is 23.4 Å². The first-order valence-corrected chi connectivity index (χ1v) is 5.97. The van der Waals surface area contributed by atoms with Crippen molar-refractivity contribution in [1.82, 2.24) is 9.78 Å². The Morgan fingerprint density at radius 3 is 2.62 bits per heavy atom. The Morgan fingerprint density at radius 1 is 1.19 bits per heavy atom. The third-order valence-corrected chi connectivity index (χ3v) is 3.49. The van der Waals surface area contributed by atoms with Crippen molar-refractivity contribution in [3.05, 3.63) is 46.2 Å². The molecule has 3 heteroatoms. The molecule has 0 amide bonds. The highest BCUT2D eigenvalue weighted by atomic mass is 35.5. The van der Waals surface area contributed by atoms with E-state index in [9.17, 15) is 0 Å². The molecule has 1 aromatic heterocycles. The van der Waals surface area contributed by atoms with E-state index < -0.39 is 0 Å². The zero-order valence-corrected chi connectivity index (χ0v) is 9.96. The van der Waals surface area contributed by atoms with Crippen LogP contribution in [0.2, 0.25) is 5.02 Å². The van der Waals surface area contributed by atoms with Crippen molar-refractivity contribution in [2.24, 2.45) is 0 Å². The summed E-state index contributed by atoms with van der Waals surface area (Å²) in [5.74, 6) is 0. The number of hydrogen-bond donors (Lipinski definition) is 0. The van der Waals surface area contributed by atoms with E-state index >= 15 is 0 Å². The summed E-state index contributed by atoms with van der Waals surface area (Å²) in [4.78, 5) is 0. The fourth-order valence-corrected chi connectivity index (χ4v) is 2.51. The van der Waals surface area contributed by atoms with Crippen LogP contribution in [-0.4, -0.2) is 9.78 Å². The van der Waals surface area contributed by atoms with Crippen molar-refractivity contribution in [3.63, 3.8) is 0 Å². The van der Waals surface area contributed by atoms with Gasteiger partial charge in [0.15, 0.2) is 0 Å². The van der Waals surface area contributed by atoms with Crippen molar-refractivity contribution in [2.45, 2.75) is 26.2 Å². The summed E-state index contributed by atoms with van der Waals surface area (Å²) in [6, 6.07) is 7.83. The van der Waals surface area contributed by atoms with Crippen molar-refractivity contribution in [3.8, 4) is 5.69 Å². The third kappa shape index (κ3) is 1.45. The molecule has 0 spiro atoms. The lowest BCUT2D eigenvalue weighted by Gasteiger charge is -2.05. The number of halogens is 1. The minimum atomic E-state index is 0.765. The first-order valence-electron chi connectivity index (χ1n) is 5.59. The Kier molecular flexibility index (Phi) is 2.25. The van der Waals surface area contributed by atoms with E-state index in [1.165, 1.54) is 29.8 Å². The monoisotopic (exact) mass is 232 g/mol. The average Bonchev–Trinajstić information content (AvgIpc) is 2.84. The van der Waals surface area contributed by atoms with Crippen LogP contribution in [0.25, 0.3) is 5.69 Å². The predicted molar refractivity (Wildman–Crippen MR) is 65.3 cm³/mol. The molecule has 0 aliphatic heterocycles. The molecule has 0 N–H and O–H groups in total. The van der Waals surface area contributed by atoms with E-state index in [1.807, 2.05) is 28.9 Å². The topological polar surface area (TPSA) is 17.8 Å². The quantitative estimate of drug-likeness (QED) is 0.738. The van der Waals surface area contributed by atoms with Crippen molar-refractivity contribution >= 4 is 11.6 Å². The van der Waals surface area contributed by atoms with Crippen LogP contribution in [0.5, 0.6) is 0 Å². The van der Waals surface area contributed by atoms with Gasteiger partial charge in [-0.05, 0) is 56.0 Å². The maximum atomic E-state index is 5.88. The van der Waals surface area contributed by atoms with Gasteiger partial charge in [-0.15, -0.1) is 0 Å². The second kappa shape index (κ2) is 3.63. The molecule has 0 bridgehead atoms. The highest BCUT2D eigenvalue weighted by Crippen LogP contribution is 2.26. The number of hydrogen-bond acceptors (Lipinski definition) is 1. The summed E-state index contributed by atoms with van der Waals surface area (Å²) in [7, 11) is 0. The Morgan fingerprint density at radius 2 is 1.94 bits per heavy atom. The minimum absolute atomic E-state index is 0.765. The summed E-state index contributed by atoms with van der Waals surface area (Å²) in [6.07, 6.45) is 3.55. The standard InChI is InChI=1S/C13H13ClN2/c1-9-12-3-2-4-13(12)15-16(9)11-7-5-10(14)6-8-11/h5-8H,2-4H2,1H3. The first-order chi connectivity index (χ1) is 7.75. The summed E-state index contributed by atoms with van der Waals surface area (Å²) in [5, 5.41) is 5.43. The molecule has 1 aromatic carbocycles. The molecule has 1 aliphatic carbocycles. The molecular weight excluding hydrogens is 220 g/mol. The molecule has 0 saturated carbocycles. The van der Waals surface area contributed by atoms with Crippen LogP contribution >= 0.6 is 11.6 Å². The van der Waals surface area contributed by atoms with Gasteiger partial charge >= 0.3 is 0 Å². The highest BCUT2D eigenvalue weighted by Gasteiger charge is 2.19. The van der Waals surface area contributed by atoms with Crippen LogP contribution in [-0.2, 0) is 12.8 Å². The zero-order chi connectivity index (χ0) is 11.1. The van der Waals surface area contributed by atoms with Gasteiger partial charge in [-0.3, -0.25) is 0 Å². The van der Waals surface area contributed by atoms with Crippen LogP contribution in [0.15, 0.2) is 24.3 Å². The van der Waals surface area contributed by atoms with Crippen molar-refractivity contribution in [2.75, 3.05) is 0 Å². The van der Waals surface area contributed by atoms with Crippen LogP contribution in [0.4, 0.5) is 0 Å². The SMILES string of the molecule is Cc1c2c(nn1-c1ccc(Cl)cc1)CCC2. The van der Waals surface area contributed by atoms with E-state index in [0.717, 1.165) is 17.1 Å². The molecule has 16 heavy (non-hydrogen) atoms. The second-order valence-electron chi connectivity index (χ2n) is 4.25. The molecule has 1 aliphatic rings. The van der Waals surface area contributed by atoms with E-state index in [2.05, 4.69) is 12.0 Å². The Hall–Kier alpha value is -1.28. The lowest BCUT2D eigenvalue weighted by molar-refractivity contribution is 0.779. The van der Waals surface area contributed by atoms with Crippen molar-refractivity contribution < 1.29 is 0 Å². The van der Waals surface area contributed by atoms with E-state index in [-0.39, 0.29) is 0 Å². The van der Waals surface area contributed by atoms with Crippen LogP contribution < -0.4 is 0 Å². The Balaban J connectivity index is 2.10. The Bertz CT molecular complexity index is 526. The normalized spacial score (nSPS) is 14.1. The molecule has 2 nitrogen and oxygen atoms in total. The van der Waals surface area contributed by atoms with Crippen LogP contribution in [0, 0.1) is 6.92 Å². The molecule has 1 heterocycles. The summed E-state index contributed by atoms with van der Waals surface area (Å²) in [5.41, 5.74) is 5.08. The summed E-state index contributed by atoms with van der Waals surface area (Å²) < 4.78 is 2.03. The van der Waals surface area contributed by atoms with Gasteiger partial charge in [0, 0.05) is 10.7 Å². The van der Waals surface area contributed by atoms with Gasteiger partial charge in [-0.1, -0.05) is 11.6 Å². The number of nitrogens with zero attached hydrogens (tertiary/aromatic N) is 2. The summed E-state index contributed by atoms with van der Waals surface area (Å²) >= 11 is 5.88. The Labute approximate surface area is 99.9 Å². The number of rotatable bonds is 1. The van der Waals surface area contributed by atoms with E-state index in [4.69, 9.17) is 11.6 Å². The smallest absolute Gasteiger partial charge is 0.0663 e. The minimum Gasteiger partial charge on any atom is -0.238 e. The van der Waals surface area contributed by atoms with Crippen LogP contribution in [0.3, 0.4) is 0 Å². The molecule has 0 saturated heterocycles.